The van der Waals surface area contributed by atoms with Crippen LogP contribution < -0.4 is 10.9 Å². The normalized spacial score (nSPS) is 28.3. The quantitative estimate of drug-likeness (QED) is 0.710. The summed E-state index contributed by atoms with van der Waals surface area (Å²) in [5, 5.41) is 7.28. The molecule has 0 aliphatic heterocycles. The molecule has 3 fully saturated rings. The Bertz CT molecular complexity index is 937. The molecular weight excluding hydrogens is 382 g/mol. The number of nitrogens with zero attached hydrogens (tertiary/aromatic N) is 2. The monoisotopic (exact) mass is 411 g/mol. The van der Waals surface area contributed by atoms with Crippen LogP contribution in [0.1, 0.15) is 40.5 Å². The van der Waals surface area contributed by atoms with Crippen LogP contribution in [0.3, 0.4) is 0 Å². The van der Waals surface area contributed by atoms with Crippen LogP contribution in [0.15, 0.2) is 15.9 Å². The molecule has 3 aliphatic rings. The van der Waals surface area contributed by atoms with Gasteiger partial charge in [-0.2, -0.15) is 5.10 Å². The number of rotatable bonds is 6. The molecule has 28 heavy (non-hydrogen) atoms. The van der Waals surface area contributed by atoms with Gasteiger partial charge in [-0.1, -0.05) is 20.8 Å². The largest absolute Gasteiger partial charge is 0.465 e. The molecule has 1 heterocycles. The number of ether oxygens (including phenoxy) is 1. The van der Waals surface area contributed by atoms with Crippen LogP contribution in [0.2, 0.25) is 0 Å². The van der Waals surface area contributed by atoms with E-state index in [-0.39, 0.29) is 23.2 Å². The first-order valence-corrected chi connectivity index (χ1v) is 11.6. The van der Waals surface area contributed by atoms with Crippen molar-refractivity contribution in [1.29, 1.82) is 0 Å². The molecule has 9 heteroatoms. The van der Waals surface area contributed by atoms with E-state index >= 15 is 0 Å². The minimum absolute atomic E-state index is 0.0828. The first-order valence-electron chi connectivity index (χ1n) is 9.69. The highest BCUT2D eigenvalue weighted by Crippen LogP contribution is 2.61. The standard InChI is InChI=1S/C19H29N3O5S/c1-6-27-16(23)10-22-18(24)17(28(5,25)26)15(9-20-22)21-14-8-12-7-13(11(14)2)19(12,3)4/h9,11-14,21H,6-8,10H2,1-5H3/t11-,12+,13+,14+/m0/s1. The minimum atomic E-state index is -3.82. The number of sulfone groups is 1. The van der Waals surface area contributed by atoms with Gasteiger partial charge in [0.2, 0.25) is 0 Å². The van der Waals surface area contributed by atoms with Crippen molar-refractivity contribution in [2.24, 2.45) is 23.2 Å². The molecule has 4 atom stereocenters. The van der Waals surface area contributed by atoms with Crippen molar-refractivity contribution in [2.75, 3.05) is 18.2 Å². The fourth-order valence-corrected chi connectivity index (χ4v) is 5.85. The Balaban J connectivity index is 1.91. The van der Waals surface area contributed by atoms with E-state index in [0.717, 1.165) is 17.4 Å². The Labute approximate surface area is 165 Å². The molecule has 0 amide bonds. The molecule has 0 saturated heterocycles. The third-order valence-corrected chi connectivity index (χ3v) is 7.79. The van der Waals surface area contributed by atoms with E-state index in [9.17, 15) is 18.0 Å². The zero-order valence-electron chi connectivity index (χ0n) is 17.1. The zero-order valence-corrected chi connectivity index (χ0v) is 17.9. The van der Waals surface area contributed by atoms with Gasteiger partial charge in [-0.05, 0) is 42.9 Å². The highest BCUT2D eigenvalue weighted by atomic mass is 32.2. The number of anilines is 1. The summed E-state index contributed by atoms with van der Waals surface area (Å²) in [6, 6.07) is 0.0828. The summed E-state index contributed by atoms with van der Waals surface area (Å²) >= 11 is 0. The van der Waals surface area contributed by atoms with Crippen molar-refractivity contribution in [3.05, 3.63) is 16.6 Å². The lowest BCUT2D eigenvalue weighted by Gasteiger charge is -2.62. The number of hydrogen-bond donors (Lipinski definition) is 1. The number of hydrogen-bond acceptors (Lipinski definition) is 7. The Hall–Kier alpha value is -1.90. The third-order valence-electron chi connectivity index (χ3n) is 6.65. The van der Waals surface area contributed by atoms with Crippen LogP contribution in [0.25, 0.3) is 0 Å². The molecular formula is C19H29N3O5S. The van der Waals surface area contributed by atoms with Crippen LogP contribution in [0.4, 0.5) is 5.69 Å². The van der Waals surface area contributed by atoms with Crippen LogP contribution in [0.5, 0.6) is 0 Å². The first kappa shape index (κ1) is 20.8. The summed E-state index contributed by atoms with van der Waals surface area (Å²) in [4.78, 5) is 24.1. The number of carbonyl (C=O) groups is 1. The lowest BCUT2D eigenvalue weighted by atomic mass is 9.45. The van der Waals surface area contributed by atoms with Crippen molar-refractivity contribution in [3.63, 3.8) is 0 Å². The zero-order chi connectivity index (χ0) is 20.9. The Morgan fingerprint density at radius 2 is 2.07 bits per heavy atom. The third kappa shape index (κ3) is 3.56. The molecule has 8 nitrogen and oxygen atoms in total. The number of carbonyl (C=O) groups excluding carboxylic acids is 1. The lowest BCUT2D eigenvalue weighted by molar-refractivity contribution is -0.144. The average Bonchev–Trinajstić information content (AvgIpc) is 2.57. The molecule has 2 bridgehead atoms. The van der Waals surface area contributed by atoms with Gasteiger partial charge in [-0.3, -0.25) is 9.59 Å². The van der Waals surface area contributed by atoms with Gasteiger partial charge >= 0.3 is 5.97 Å². The summed E-state index contributed by atoms with van der Waals surface area (Å²) in [7, 11) is -3.82. The fraction of sp³-hybridized carbons (Fsp3) is 0.737. The smallest absolute Gasteiger partial charge is 0.327 e. The number of nitrogens with one attached hydrogen (secondary N) is 1. The van der Waals surface area contributed by atoms with E-state index in [0.29, 0.717) is 23.2 Å². The molecule has 1 N–H and O–H groups in total. The second-order valence-corrected chi connectivity index (χ2v) is 10.6. The molecule has 156 valence electrons. The number of aromatic nitrogens is 2. The van der Waals surface area contributed by atoms with E-state index in [4.69, 9.17) is 4.74 Å². The average molecular weight is 412 g/mol. The number of esters is 1. The van der Waals surface area contributed by atoms with Gasteiger partial charge in [-0.15, -0.1) is 0 Å². The maximum atomic E-state index is 12.7. The molecule has 0 aromatic carbocycles. The van der Waals surface area contributed by atoms with E-state index in [2.05, 4.69) is 31.2 Å². The van der Waals surface area contributed by atoms with Crippen LogP contribution in [-0.2, 0) is 25.9 Å². The summed E-state index contributed by atoms with van der Waals surface area (Å²) in [6.07, 6.45) is 4.45. The molecule has 4 rings (SSSR count). The Morgan fingerprint density at radius 3 is 2.61 bits per heavy atom. The van der Waals surface area contributed by atoms with Crippen molar-refractivity contribution < 1.29 is 17.9 Å². The van der Waals surface area contributed by atoms with E-state index in [1.54, 1.807) is 6.92 Å². The maximum absolute atomic E-state index is 12.7. The van der Waals surface area contributed by atoms with Gasteiger partial charge in [-0.25, -0.2) is 13.1 Å². The predicted molar refractivity (Wildman–Crippen MR) is 105 cm³/mol. The Kier molecular flexibility index (Phi) is 5.33. The summed E-state index contributed by atoms with van der Waals surface area (Å²) in [5.74, 6) is 0.877. The van der Waals surface area contributed by atoms with Crippen molar-refractivity contribution in [3.8, 4) is 0 Å². The van der Waals surface area contributed by atoms with E-state index in [1.165, 1.54) is 12.6 Å². The van der Waals surface area contributed by atoms with Gasteiger partial charge in [0, 0.05) is 12.3 Å². The summed E-state index contributed by atoms with van der Waals surface area (Å²) in [5.41, 5.74) is -0.295. The fourth-order valence-electron chi connectivity index (χ4n) is 4.91. The van der Waals surface area contributed by atoms with Crippen molar-refractivity contribution in [1.82, 2.24) is 9.78 Å². The second-order valence-electron chi connectivity index (χ2n) is 8.63. The van der Waals surface area contributed by atoms with Crippen LogP contribution in [0, 0.1) is 23.2 Å². The van der Waals surface area contributed by atoms with E-state index < -0.39 is 27.9 Å². The highest BCUT2D eigenvalue weighted by molar-refractivity contribution is 7.90. The van der Waals surface area contributed by atoms with Gasteiger partial charge in [0.25, 0.3) is 5.56 Å². The van der Waals surface area contributed by atoms with Gasteiger partial charge in [0.05, 0.1) is 18.5 Å². The summed E-state index contributed by atoms with van der Waals surface area (Å²) < 4.78 is 30.3. The van der Waals surface area contributed by atoms with Gasteiger partial charge < -0.3 is 10.1 Å². The molecule has 3 saturated carbocycles. The van der Waals surface area contributed by atoms with Crippen LogP contribution in [-0.4, -0.2) is 43.1 Å². The molecule has 0 spiro atoms. The molecule has 0 radical (unpaired) electrons. The van der Waals surface area contributed by atoms with Crippen molar-refractivity contribution >= 4 is 21.5 Å². The number of fused-ring (bicyclic) bond motifs is 2. The first-order chi connectivity index (χ1) is 13.0. The topological polar surface area (TPSA) is 107 Å². The van der Waals surface area contributed by atoms with Gasteiger partial charge in [0.1, 0.15) is 6.54 Å². The van der Waals surface area contributed by atoms with E-state index in [1.807, 2.05) is 0 Å². The van der Waals surface area contributed by atoms with Crippen molar-refractivity contribution in [2.45, 2.75) is 58.0 Å². The molecule has 3 aliphatic carbocycles. The predicted octanol–water partition coefficient (Wildman–Crippen LogP) is 1.69. The Morgan fingerprint density at radius 1 is 1.39 bits per heavy atom. The summed E-state index contributed by atoms with van der Waals surface area (Å²) in [6.45, 7) is 8.16. The second kappa shape index (κ2) is 7.17. The molecule has 1 aromatic rings. The SMILES string of the molecule is CCOC(=O)Cn1ncc(N[C@@H]2C[C@H]3C[C@H]([C@@H]2C)C3(C)C)c(S(C)(=O)=O)c1=O. The molecule has 1 aromatic heterocycles. The molecule has 0 unspecified atom stereocenters. The maximum Gasteiger partial charge on any atom is 0.327 e. The highest BCUT2D eigenvalue weighted by Gasteiger charge is 2.56. The van der Waals surface area contributed by atoms with Crippen LogP contribution >= 0.6 is 0 Å². The van der Waals surface area contributed by atoms with Gasteiger partial charge in [0.15, 0.2) is 14.7 Å². The minimum Gasteiger partial charge on any atom is -0.465 e. The lowest BCUT2D eigenvalue weighted by Crippen LogP contribution is -2.58.